The molecule has 0 fully saturated rings. The van der Waals surface area contributed by atoms with Crippen molar-refractivity contribution < 1.29 is 14.4 Å². The molecule has 24 heavy (non-hydrogen) atoms. The summed E-state index contributed by atoms with van der Waals surface area (Å²) in [6.45, 7) is 3.66. The molecule has 1 unspecified atom stereocenters. The summed E-state index contributed by atoms with van der Waals surface area (Å²) in [6, 6.07) is 11.2. The summed E-state index contributed by atoms with van der Waals surface area (Å²) in [5.74, 6) is -0.230. The van der Waals surface area contributed by atoms with Crippen molar-refractivity contribution in [1.82, 2.24) is 15.5 Å². The van der Waals surface area contributed by atoms with Crippen LogP contribution in [0.5, 0.6) is 0 Å². The zero-order valence-corrected chi connectivity index (χ0v) is 13.6. The van der Waals surface area contributed by atoms with Crippen LogP contribution in [0.2, 0.25) is 0 Å². The maximum absolute atomic E-state index is 12.7. The predicted molar refractivity (Wildman–Crippen MR) is 90.6 cm³/mol. The summed E-state index contributed by atoms with van der Waals surface area (Å²) in [7, 11) is 0. The number of aryl methyl sites for hydroxylation is 1. The van der Waals surface area contributed by atoms with Gasteiger partial charge in [-0.05, 0) is 26.3 Å². The number of fused-ring (bicyclic) bond motifs is 1. The van der Waals surface area contributed by atoms with E-state index in [1.54, 1.807) is 13.0 Å². The van der Waals surface area contributed by atoms with Crippen LogP contribution >= 0.6 is 0 Å². The fourth-order valence-electron chi connectivity index (χ4n) is 2.60. The summed E-state index contributed by atoms with van der Waals surface area (Å²) in [5, 5.41) is 16.4. The van der Waals surface area contributed by atoms with Gasteiger partial charge in [-0.25, -0.2) is 4.98 Å². The summed E-state index contributed by atoms with van der Waals surface area (Å²) in [6.07, 6.45) is 0.494. The third kappa shape index (κ3) is 3.14. The van der Waals surface area contributed by atoms with Gasteiger partial charge in [0.15, 0.2) is 0 Å². The minimum absolute atomic E-state index is 0.0226. The standard InChI is InChI=1S/C18H19N3O3/c1-11(8-9-22)19-17(23)14-10-15(13-6-4-3-5-7-13)20-18-16(14)12(2)21-24-18/h3-7,10-11,22H,8-9H2,1-2H3,(H,19,23). The second kappa shape index (κ2) is 6.80. The summed E-state index contributed by atoms with van der Waals surface area (Å²) >= 11 is 0. The molecule has 0 bridgehead atoms. The average molecular weight is 325 g/mol. The van der Waals surface area contributed by atoms with Crippen LogP contribution in [0.1, 0.15) is 29.4 Å². The summed E-state index contributed by atoms with van der Waals surface area (Å²) < 4.78 is 5.27. The minimum atomic E-state index is -0.230. The van der Waals surface area contributed by atoms with E-state index in [-0.39, 0.29) is 18.6 Å². The average Bonchev–Trinajstić information content (AvgIpc) is 2.96. The fraction of sp³-hybridized carbons (Fsp3) is 0.278. The Morgan fingerprint density at radius 1 is 1.33 bits per heavy atom. The van der Waals surface area contributed by atoms with E-state index < -0.39 is 0 Å². The zero-order valence-electron chi connectivity index (χ0n) is 13.6. The number of rotatable bonds is 5. The molecule has 2 heterocycles. The van der Waals surface area contributed by atoms with Crippen molar-refractivity contribution in [3.05, 3.63) is 47.7 Å². The molecule has 0 spiro atoms. The molecule has 0 aliphatic carbocycles. The molecule has 1 amide bonds. The number of nitrogens with one attached hydrogen (secondary N) is 1. The van der Waals surface area contributed by atoms with Gasteiger partial charge >= 0.3 is 0 Å². The highest BCUT2D eigenvalue weighted by atomic mass is 16.5. The van der Waals surface area contributed by atoms with Crippen molar-refractivity contribution in [2.45, 2.75) is 26.3 Å². The van der Waals surface area contributed by atoms with E-state index >= 15 is 0 Å². The fourth-order valence-corrected chi connectivity index (χ4v) is 2.60. The minimum Gasteiger partial charge on any atom is -0.396 e. The van der Waals surface area contributed by atoms with E-state index in [0.717, 1.165) is 5.56 Å². The largest absolute Gasteiger partial charge is 0.396 e. The molecule has 6 nitrogen and oxygen atoms in total. The Labute approximate surface area is 139 Å². The van der Waals surface area contributed by atoms with Gasteiger partial charge in [0.2, 0.25) is 0 Å². The van der Waals surface area contributed by atoms with Crippen molar-refractivity contribution in [1.29, 1.82) is 0 Å². The molecule has 3 aromatic rings. The number of aliphatic hydroxyl groups excluding tert-OH is 1. The highest BCUT2D eigenvalue weighted by Gasteiger charge is 2.20. The Morgan fingerprint density at radius 3 is 2.79 bits per heavy atom. The quantitative estimate of drug-likeness (QED) is 0.753. The van der Waals surface area contributed by atoms with Gasteiger partial charge in [-0.1, -0.05) is 35.5 Å². The first-order valence-electron chi connectivity index (χ1n) is 7.84. The molecule has 0 aliphatic heterocycles. The van der Waals surface area contributed by atoms with Crippen LogP contribution in [-0.4, -0.2) is 33.8 Å². The molecule has 6 heteroatoms. The number of benzene rings is 1. The molecule has 0 radical (unpaired) electrons. The summed E-state index contributed by atoms with van der Waals surface area (Å²) in [5.41, 5.74) is 2.98. The lowest BCUT2D eigenvalue weighted by Crippen LogP contribution is -2.33. The molecule has 0 saturated heterocycles. The highest BCUT2D eigenvalue weighted by molar-refractivity contribution is 6.07. The maximum atomic E-state index is 12.7. The van der Waals surface area contributed by atoms with Gasteiger partial charge in [0.25, 0.3) is 11.6 Å². The van der Waals surface area contributed by atoms with Crippen LogP contribution in [0.3, 0.4) is 0 Å². The van der Waals surface area contributed by atoms with Gasteiger partial charge in [0.1, 0.15) is 0 Å². The number of amides is 1. The third-order valence-electron chi connectivity index (χ3n) is 3.87. The second-order valence-electron chi connectivity index (χ2n) is 5.76. The lowest BCUT2D eigenvalue weighted by atomic mass is 10.0. The lowest BCUT2D eigenvalue weighted by molar-refractivity contribution is 0.0936. The van der Waals surface area contributed by atoms with Crippen LogP contribution in [0.15, 0.2) is 40.9 Å². The number of pyridine rings is 1. The monoisotopic (exact) mass is 325 g/mol. The molecular weight excluding hydrogens is 306 g/mol. The number of carbonyl (C=O) groups is 1. The van der Waals surface area contributed by atoms with Crippen LogP contribution in [-0.2, 0) is 0 Å². The van der Waals surface area contributed by atoms with Gasteiger partial charge < -0.3 is 14.9 Å². The number of aromatic nitrogens is 2. The first kappa shape index (κ1) is 16.1. The maximum Gasteiger partial charge on any atom is 0.259 e. The molecule has 1 aromatic carbocycles. The van der Waals surface area contributed by atoms with Gasteiger partial charge in [-0.15, -0.1) is 0 Å². The van der Waals surface area contributed by atoms with Crippen LogP contribution < -0.4 is 5.32 Å². The smallest absolute Gasteiger partial charge is 0.259 e. The van der Waals surface area contributed by atoms with E-state index in [1.165, 1.54) is 0 Å². The topological polar surface area (TPSA) is 88.2 Å². The summed E-state index contributed by atoms with van der Waals surface area (Å²) in [4.78, 5) is 17.2. The normalized spacial score (nSPS) is 12.3. The SMILES string of the molecule is Cc1noc2nc(-c3ccccc3)cc(C(=O)NC(C)CCO)c12. The molecular formula is C18H19N3O3. The zero-order chi connectivity index (χ0) is 17.1. The second-order valence-corrected chi connectivity index (χ2v) is 5.76. The van der Waals surface area contributed by atoms with Crippen LogP contribution in [0, 0.1) is 6.92 Å². The number of aliphatic hydroxyl groups is 1. The third-order valence-corrected chi connectivity index (χ3v) is 3.87. The van der Waals surface area contributed by atoms with Crippen molar-refractivity contribution in [2.75, 3.05) is 6.61 Å². The number of hydrogen-bond acceptors (Lipinski definition) is 5. The van der Waals surface area contributed by atoms with E-state index in [2.05, 4.69) is 15.5 Å². The van der Waals surface area contributed by atoms with Crippen molar-refractivity contribution in [2.24, 2.45) is 0 Å². The Bertz CT molecular complexity index is 859. The van der Waals surface area contributed by atoms with E-state index in [0.29, 0.717) is 34.5 Å². The highest BCUT2D eigenvalue weighted by Crippen LogP contribution is 2.27. The Balaban J connectivity index is 2.07. The Morgan fingerprint density at radius 2 is 2.08 bits per heavy atom. The number of hydrogen-bond donors (Lipinski definition) is 2. The molecule has 3 rings (SSSR count). The predicted octanol–water partition coefficient (Wildman–Crippen LogP) is 2.70. The Kier molecular flexibility index (Phi) is 4.57. The first-order valence-corrected chi connectivity index (χ1v) is 7.84. The van der Waals surface area contributed by atoms with Crippen molar-refractivity contribution in [3.63, 3.8) is 0 Å². The van der Waals surface area contributed by atoms with Gasteiger partial charge in [0.05, 0.1) is 22.3 Å². The van der Waals surface area contributed by atoms with Crippen LogP contribution in [0.25, 0.3) is 22.4 Å². The van der Waals surface area contributed by atoms with E-state index in [4.69, 9.17) is 9.63 Å². The lowest BCUT2D eigenvalue weighted by Gasteiger charge is -2.13. The van der Waals surface area contributed by atoms with Gasteiger partial charge in [0, 0.05) is 18.2 Å². The van der Waals surface area contributed by atoms with Gasteiger partial charge in [-0.2, -0.15) is 0 Å². The molecule has 0 aliphatic rings. The van der Waals surface area contributed by atoms with E-state index in [9.17, 15) is 4.79 Å². The van der Waals surface area contributed by atoms with Crippen molar-refractivity contribution >= 4 is 17.0 Å². The van der Waals surface area contributed by atoms with Crippen LogP contribution in [0.4, 0.5) is 0 Å². The first-order chi connectivity index (χ1) is 11.6. The number of nitrogens with zero attached hydrogens (tertiary/aromatic N) is 2. The molecule has 0 saturated carbocycles. The molecule has 124 valence electrons. The van der Waals surface area contributed by atoms with Crippen molar-refractivity contribution in [3.8, 4) is 11.3 Å². The number of carbonyl (C=O) groups excluding carboxylic acids is 1. The van der Waals surface area contributed by atoms with Gasteiger partial charge in [-0.3, -0.25) is 4.79 Å². The molecule has 1 atom stereocenters. The Hall–Kier alpha value is -2.73. The molecule has 2 aromatic heterocycles. The van der Waals surface area contributed by atoms with E-state index in [1.807, 2.05) is 37.3 Å². The molecule has 2 N–H and O–H groups in total.